The first kappa shape index (κ1) is 24.7. The molecule has 35 heavy (non-hydrogen) atoms. The Kier molecular flexibility index (Phi) is 8.32. The van der Waals surface area contributed by atoms with Crippen molar-refractivity contribution in [2.45, 2.75) is 24.5 Å². The molecule has 11 heteroatoms. The third-order valence-electron chi connectivity index (χ3n) is 5.45. The molecule has 10 nitrogen and oxygen atoms in total. The van der Waals surface area contributed by atoms with Gasteiger partial charge in [-0.25, -0.2) is 4.98 Å². The molecule has 1 aromatic carbocycles. The predicted molar refractivity (Wildman–Crippen MR) is 134 cm³/mol. The highest BCUT2D eigenvalue weighted by Gasteiger charge is 2.33. The first-order valence-corrected chi connectivity index (χ1v) is 12.2. The van der Waals surface area contributed by atoms with Gasteiger partial charge in [-0.15, -0.1) is 0 Å². The second-order valence-electron chi connectivity index (χ2n) is 8.01. The largest absolute Gasteiger partial charge is 0.474 e. The molecule has 2 aliphatic rings. The summed E-state index contributed by atoms with van der Waals surface area (Å²) < 4.78 is 10.5. The van der Waals surface area contributed by atoms with Gasteiger partial charge in [0.15, 0.2) is 5.17 Å². The van der Waals surface area contributed by atoms with E-state index in [1.54, 1.807) is 49.7 Å². The molecule has 2 aliphatic heterocycles. The van der Waals surface area contributed by atoms with Crippen molar-refractivity contribution in [1.29, 1.82) is 0 Å². The maximum Gasteiger partial charge on any atom is 0.262 e. The van der Waals surface area contributed by atoms with E-state index in [0.717, 1.165) is 31.1 Å². The molecule has 1 atom stereocenters. The number of carbonyl (C=O) groups excluding carboxylic acids is 3. The average Bonchev–Trinajstić information content (AvgIpc) is 3.51. The van der Waals surface area contributed by atoms with Crippen molar-refractivity contribution < 1.29 is 23.9 Å². The van der Waals surface area contributed by atoms with Crippen LogP contribution in [0.15, 0.2) is 47.6 Å². The minimum Gasteiger partial charge on any atom is -0.474 e. The first-order valence-electron chi connectivity index (χ1n) is 11.4. The van der Waals surface area contributed by atoms with Crippen LogP contribution in [0.3, 0.4) is 0 Å². The molecule has 3 heterocycles. The van der Waals surface area contributed by atoms with Crippen LogP contribution in [0.1, 0.15) is 29.6 Å². The number of nitrogens with one attached hydrogen (secondary N) is 2. The van der Waals surface area contributed by atoms with E-state index in [1.807, 2.05) is 0 Å². The summed E-state index contributed by atoms with van der Waals surface area (Å²) >= 11 is 1.36. The highest BCUT2D eigenvalue weighted by atomic mass is 32.2. The normalized spacial score (nSPS) is 17.3. The minimum atomic E-state index is -0.504. The Morgan fingerprint density at radius 3 is 2.63 bits per heavy atom. The molecule has 1 saturated heterocycles. The summed E-state index contributed by atoms with van der Waals surface area (Å²) in [5.74, 6) is -0.579. The molecule has 0 bridgehead atoms. The number of aromatic nitrogens is 1. The Bertz CT molecular complexity index is 1100. The number of carbonyl (C=O) groups is 3. The van der Waals surface area contributed by atoms with Crippen LogP contribution in [-0.4, -0.2) is 71.4 Å². The number of amides is 3. The Morgan fingerprint density at radius 1 is 1.11 bits per heavy atom. The molecule has 2 aromatic rings. The second kappa shape index (κ2) is 11.8. The van der Waals surface area contributed by atoms with Crippen LogP contribution in [0.4, 0.5) is 11.4 Å². The zero-order chi connectivity index (χ0) is 24.6. The molecule has 1 aromatic heterocycles. The van der Waals surface area contributed by atoms with E-state index in [9.17, 15) is 14.4 Å². The summed E-state index contributed by atoms with van der Waals surface area (Å²) in [7, 11) is 1.57. The van der Waals surface area contributed by atoms with E-state index in [-0.39, 0.29) is 24.1 Å². The Morgan fingerprint density at radius 2 is 1.89 bits per heavy atom. The molecule has 184 valence electrons. The molecular weight excluding hydrogens is 470 g/mol. The Labute approximate surface area is 207 Å². The minimum absolute atomic E-state index is 0.0411. The van der Waals surface area contributed by atoms with Crippen molar-refractivity contribution in [3.8, 4) is 5.88 Å². The maximum atomic E-state index is 12.7. The van der Waals surface area contributed by atoms with Gasteiger partial charge < -0.3 is 25.0 Å². The Hall–Kier alpha value is -3.44. The number of hydrogen-bond donors (Lipinski definition) is 2. The molecule has 2 N–H and O–H groups in total. The number of ether oxygens (including phenoxy) is 2. The number of anilines is 2. The molecule has 0 aliphatic carbocycles. The number of hydrogen-bond acceptors (Lipinski definition) is 8. The Balaban J connectivity index is 1.28. The zero-order valence-electron chi connectivity index (χ0n) is 19.4. The van der Waals surface area contributed by atoms with Crippen LogP contribution in [0.2, 0.25) is 0 Å². The van der Waals surface area contributed by atoms with Gasteiger partial charge in [0.25, 0.3) is 11.8 Å². The molecular formula is C24H27N5O5S. The summed E-state index contributed by atoms with van der Waals surface area (Å²) in [6.45, 7) is 2.51. The van der Waals surface area contributed by atoms with Gasteiger partial charge in [-0.3, -0.25) is 14.4 Å². The molecule has 0 saturated carbocycles. The van der Waals surface area contributed by atoms with Crippen molar-refractivity contribution >= 4 is 46.0 Å². The smallest absolute Gasteiger partial charge is 0.262 e. The van der Waals surface area contributed by atoms with Crippen molar-refractivity contribution in [3.05, 3.63) is 48.2 Å². The molecule has 1 fully saturated rings. The van der Waals surface area contributed by atoms with Crippen LogP contribution in [-0.2, 0) is 14.3 Å². The fraction of sp³-hybridized carbons (Fsp3) is 0.375. The highest BCUT2D eigenvalue weighted by molar-refractivity contribution is 8.15. The van der Waals surface area contributed by atoms with Crippen molar-refractivity contribution in [2.24, 2.45) is 4.99 Å². The lowest BCUT2D eigenvalue weighted by Gasteiger charge is -2.16. The maximum absolute atomic E-state index is 12.7. The second-order valence-corrected chi connectivity index (χ2v) is 9.18. The predicted octanol–water partition coefficient (Wildman–Crippen LogP) is 2.78. The lowest BCUT2D eigenvalue weighted by Crippen LogP contribution is -2.25. The average molecular weight is 498 g/mol. The molecule has 3 amide bonds. The van der Waals surface area contributed by atoms with E-state index in [0.29, 0.717) is 36.0 Å². The van der Waals surface area contributed by atoms with E-state index in [4.69, 9.17) is 9.47 Å². The van der Waals surface area contributed by atoms with Crippen molar-refractivity contribution in [1.82, 2.24) is 9.88 Å². The number of rotatable bonds is 9. The number of likely N-dealkylation sites (tertiary alicyclic amines) is 1. The number of nitrogens with zero attached hydrogens (tertiary/aromatic N) is 3. The number of thioether (sulfide) groups is 1. The van der Waals surface area contributed by atoms with Gasteiger partial charge in [-0.05, 0) is 49.2 Å². The third-order valence-corrected chi connectivity index (χ3v) is 6.67. The van der Waals surface area contributed by atoms with Crippen LogP contribution >= 0.6 is 11.8 Å². The van der Waals surface area contributed by atoms with Crippen molar-refractivity contribution in [3.63, 3.8) is 0 Å². The summed E-state index contributed by atoms with van der Waals surface area (Å²) in [6, 6.07) is 9.89. The van der Waals surface area contributed by atoms with Crippen molar-refractivity contribution in [2.75, 3.05) is 44.0 Å². The fourth-order valence-corrected chi connectivity index (χ4v) is 4.77. The van der Waals surface area contributed by atoms with E-state index >= 15 is 0 Å². The first-order chi connectivity index (χ1) is 17.0. The monoisotopic (exact) mass is 497 g/mol. The van der Waals surface area contributed by atoms with Gasteiger partial charge in [0, 0.05) is 44.1 Å². The van der Waals surface area contributed by atoms with Gasteiger partial charge in [0.1, 0.15) is 17.5 Å². The molecule has 4 rings (SSSR count). The SMILES string of the molecule is COCCOc1ncccc1NC(=O)c1ccc(NC(=O)CC2SC(N3CCCC3)=NC2=O)cc1. The molecule has 0 spiro atoms. The lowest BCUT2D eigenvalue weighted by molar-refractivity contribution is -0.121. The number of aliphatic imine (C=N–C) groups is 1. The third kappa shape index (κ3) is 6.58. The quantitative estimate of drug-likeness (QED) is 0.507. The van der Waals surface area contributed by atoms with Gasteiger partial charge in [-0.2, -0.15) is 4.99 Å². The lowest BCUT2D eigenvalue weighted by atomic mass is 10.2. The molecule has 0 radical (unpaired) electrons. The van der Waals surface area contributed by atoms with Gasteiger partial charge >= 0.3 is 0 Å². The fourth-order valence-electron chi connectivity index (χ4n) is 3.66. The molecule has 1 unspecified atom stereocenters. The van der Waals surface area contributed by atoms with Crippen LogP contribution in [0.25, 0.3) is 0 Å². The van der Waals surface area contributed by atoms with Crippen LogP contribution in [0, 0.1) is 0 Å². The van der Waals surface area contributed by atoms with Gasteiger partial charge in [0.05, 0.1) is 6.61 Å². The van der Waals surface area contributed by atoms with Crippen LogP contribution in [0.5, 0.6) is 5.88 Å². The number of amidine groups is 1. The number of benzene rings is 1. The highest BCUT2D eigenvalue weighted by Crippen LogP contribution is 2.29. The summed E-state index contributed by atoms with van der Waals surface area (Å²) in [5.41, 5.74) is 1.38. The standard InChI is InChI=1S/C24H27N5O5S/c1-33-13-14-34-23-18(5-4-10-25-23)27-21(31)16-6-8-17(9-7-16)26-20(30)15-19-22(32)28-24(35-19)29-11-2-3-12-29/h4-10,19H,2-3,11-15H2,1H3,(H,26,30)(H,27,31). The van der Waals surface area contributed by atoms with Crippen LogP contribution < -0.4 is 15.4 Å². The topological polar surface area (TPSA) is 122 Å². The van der Waals surface area contributed by atoms with E-state index in [2.05, 4.69) is 25.5 Å². The van der Waals surface area contributed by atoms with E-state index < -0.39 is 5.25 Å². The van der Waals surface area contributed by atoms with Gasteiger partial charge in [0.2, 0.25) is 11.8 Å². The summed E-state index contributed by atoms with van der Waals surface area (Å²) in [5, 5.41) is 5.79. The van der Waals surface area contributed by atoms with E-state index in [1.165, 1.54) is 11.8 Å². The number of methoxy groups -OCH3 is 1. The van der Waals surface area contributed by atoms with Gasteiger partial charge in [-0.1, -0.05) is 11.8 Å². The summed E-state index contributed by atoms with van der Waals surface area (Å²) in [6.07, 6.45) is 3.81. The number of pyridine rings is 1. The zero-order valence-corrected chi connectivity index (χ0v) is 20.2. The summed E-state index contributed by atoms with van der Waals surface area (Å²) in [4.78, 5) is 47.8.